The lowest BCUT2D eigenvalue weighted by molar-refractivity contribution is -0.113. The summed E-state index contributed by atoms with van der Waals surface area (Å²) >= 11 is 1.44. The number of rotatable bonds is 5. The molecule has 0 fully saturated rings. The van der Waals surface area contributed by atoms with Crippen LogP contribution < -0.4 is 5.32 Å². The summed E-state index contributed by atoms with van der Waals surface area (Å²) in [6.45, 7) is 8.01. The van der Waals surface area contributed by atoms with Gasteiger partial charge < -0.3 is 5.32 Å². The van der Waals surface area contributed by atoms with Crippen molar-refractivity contribution >= 4 is 34.3 Å². The Morgan fingerprint density at radius 3 is 2.53 bits per heavy atom. The van der Waals surface area contributed by atoms with Gasteiger partial charge >= 0.3 is 0 Å². The van der Waals surface area contributed by atoms with E-state index in [-0.39, 0.29) is 5.91 Å². The molecule has 0 bridgehead atoms. The van der Waals surface area contributed by atoms with Crippen molar-refractivity contribution in [1.29, 1.82) is 0 Å². The highest BCUT2D eigenvalue weighted by molar-refractivity contribution is 7.99. The van der Waals surface area contributed by atoms with Crippen molar-refractivity contribution in [2.24, 2.45) is 0 Å². The molecule has 152 valence electrons. The first kappa shape index (κ1) is 20.2. The monoisotopic (exact) mass is 416 g/mol. The summed E-state index contributed by atoms with van der Waals surface area (Å²) in [6, 6.07) is 18.3. The molecule has 2 aromatic carbocycles. The molecule has 0 spiro atoms. The Morgan fingerprint density at radius 2 is 1.77 bits per heavy atom. The highest BCUT2D eigenvalue weighted by atomic mass is 32.2. The van der Waals surface area contributed by atoms with E-state index in [0.29, 0.717) is 5.75 Å². The van der Waals surface area contributed by atoms with E-state index in [1.807, 2.05) is 54.9 Å². The fraction of sp³-hybridized carbons (Fsp3) is 0.208. The molecular formula is C24H24N4OS. The minimum absolute atomic E-state index is 0.0673. The Labute approximate surface area is 180 Å². The number of para-hydroxylation sites is 1. The standard InChI is InChI=1S/C24H24N4OS/c1-15-9-11-19(12-10-15)28-18(4)24(17(3)27-28)26-22(29)14-30-23-13-16(2)20-7-5-6-8-21(20)25-23/h5-13H,14H2,1-4H3,(H,26,29). The van der Waals surface area contributed by atoms with Crippen LogP contribution >= 0.6 is 11.8 Å². The molecule has 0 atom stereocenters. The lowest BCUT2D eigenvalue weighted by Crippen LogP contribution is -2.15. The first-order valence-electron chi connectivity index (χ1n) is 9.84. The molecule has 0 aliphatic heterocycles. The van der Waals surface area contributed by atoms with Crippen LogP contribution in [0.1, 0.15) is 22.5 Å². The van der Waals surface area contributed by atoms with Crippen LogP contribution in [0.25, 0.3) is 16.6 Å². The lowest BCUT2D eigenvalue weighted by atomic mass is 10.1. The van der Waals surface area contributed by atoms with Gasteiger partial charge in [0, 0.05) is 5.39 Å². The Bertz CT molecular complexity index is 1230. The molecule has 0 unspecified atom stereocenters. The van der Waals surface area contributed by atoms with Crippen molar-refractivity contribution in [3.05, 3.63) is 77.1 Å². The summed E-state index contributed by atoms with van der Waals surface area (Å²) in [4.78, 5) is 17.3. The number of pyridine rings is 1. The topological polar surface area (TPSA) is 59.8 Å². The molecule has 4 rings (SSSR count). The summed E-state index contributed by atoms with van der Waals surface area (Å²) in [5.41, 5.74) is 6.76. The number of carbonyl (C=O) groups is 1. The first-order valence-corrected chi connectivity index (χ1v) is 10.8. The van der Waals surface area contributed by atoms with Gasteiger partial charge in [-0.05, 0) is 57.5 Å². The molecule has 1 amide bonds. The van der Waals surface area contributed by atoms with E-state index in [1.54, 1.807) is 0 Å². The molecule has 6 heteroatoms. The van der Waals surface area contributed by atoms with Gasteiger partial charge in [-0.2, -0.15) is 5.10 Å². The number of benzene rings is 2. The maximum absolute atomic E-state index is 12.6. The smallest absolute Gasteiger partial charge is 0.234 e. The summed E-state index contributed by atoms with van der Waals surface area (Å²) in [6.07, 6.45) is 0. The first-order chi connectivity index (χ1) is 14.4. The van der Waals surface area contributed by atoms with Crippen molar-refractivity contribution in [3.63, 3.8) is 0 Å². The van der Waals surface area contributed by atoms with Gasteiger partial charge in [0.1, 0.15) is 0 Å². The van der Waals surface area contributed by atoms with Crippen LogP contribution in [0, 0.1) is 27.7 Å². The number of fused-ring (bicyclic) bond motifs is 1. The zero-order chi connectivity index (χ0) is 21.3. The number of hydrogen-bond donors (Lipinski definition) is 1. The van der Waals surface area contributed by atoms with Gasteiger partial charge in [-0.1, -0.05) is 47.7 Å². The van der Waals surface area contributed by atoms with Crippen LogP contribution in [0.4, 0.5) is 5.69 Å². The maximum atomic E-state index is 12.6. The second kappa shape index (κ2) is 8.32. The Balaban J connectivity index is 1.47. The molecule has 0 aliphatic rings. The highest BCUT2D eigenvalue weighted by Crippen LogP contribution is 2.26. The largest absolute Gasteiger partial charge is 0.322 e. The van der Waals surface area contributed by atoms with E-state index < -0.39 is 0 Å². The molecule has 0 saturated heterocycles. The predicted molar refractivity (Wildman–Crippen MR) is 124 cm³/mol. The van der Waals surface area contributed by atoms with Crippen molar-refractivity contribution < 1.29 is 4.79 Å². The van der Waals surface area contributed by atoms with Gasteiger partial charge in [-0.15, -0.1) is 0 Å². The Kier molecular flexibility index (Phi) is 5.59. The number of carbonyl (C=O) groups excluding carboxylic acids is 1. The number of nitrogens with one attached hydrogen (secondary N) is 1. The van der Waals surface area contributed by atoms with Gasteiger partial charge in [0.25, 0.3) is 0 Å². The van der Waals surface area contributed by atoms with Crippen LogP contribution in [-0.2, 0) is 4.79 Å². The van der Waals surface area contributed by atoms with Gasteiger partial charge in [-0.3, -0.25) is 4.79 Å². The fourth-order valence-corrected chi connectivity index (χ4v) is 4.24. The summed E-state index contributed by atoms with van der Waals surface area (Å²) in [5, 5.41) is 9.63. The summed E-state index contributed by atoms with van der Waals surface area (Å²) in [7, 11) is 0. The highest BCUT2D eigenvalue weighted by Gasteiger charge is 2.16. The third-order valence-electron chi connectivity index (χ3n) is 5.08. The Morgan fingerprint density at radius 1 is 1.03 bits per heavy atom. The fourth-order valence-electron chi connectivity index (χ4n) is 3.47. The predicted octanol–water partition coefficient (Wildman–Crippen LogP) is 5.38. The van der Waals surface area contributed by atoms with Gasteiger partial charge in [0.15, 0.2) is 0 Å². The minimum Gasteiger partial charge on any atom is -0.322 e. The summed E-state index contributed by atoms with van der Waals surface area (Å²) < 4.78 is 1.87. The molecule has 2 aromatic heterocycles. The molecule has 1 N–H and O–H groups in total. The van der Waals surface area contributed by atoms with E-state index in [4.69, 9.17) is 0 Å². The molecule has 0 saturated carbocycles. The second-order valence-electron chi connectivity index (χ2n) is 7.42. The third-order valence-corrected chi connectivity index (χ3v) is 6.00. The van der Waals surface area contributed by atoms with E-state index in [2.05, 4.69) is 47.4 Å². The zero-order valence-electron chi connectivity index (χ0n) is 17.6. The SMILES string of the molecule is Cc1ccc(-n2nc(C)c(NC(=O)CSc3cc(C)c4ccccc4n3)c2C)cc1. The number of hydrogen-bond acceptors (Lipinski definition) is 4. The van der Waals surface area contributed by atoms with E-state index in [0.717, 1.165) is 44.3 Å². The summed E-state index contributed by atoms with van der Waals surface area (Å²) in [5.74, 6) is 0.224. The van der Waals surface area contributed by atoms with Crippen molar-refractivity contribution in [2.45, 2.75) is 32.7 Å². The zero-order valence-corrected chi connectivity index (χ0v) is 18.4. The van der Waals surface area contributed by atoms with Crippen LogP contribution in [0.2, 0.25) is 0 Å². The quantitative estimate of drug-likeness (QED) is 0.444. The molecule has 0 radical (unpaired) electrons. The number of aromatic nitrogens is 3. The van der Waals surface area contributed by atoms with Crippen molar-refractivity contribution in [3.8, 4) is 5.69 Å². The van der Waals surface area contributed by atoms with E-state index >= 15 is 0 Å². The average Bonchev–Trinajstić information content (AvgIpc) is 3.01. The van der Waals surface area contributed by atoms with Gasteiger partial charge in [0.2, 0.25) is 5.91 Å². The Hall–Kier alpha value is -3.12. The number of aryl methyl sites for hydroxylation is 3. The third kappa shape index (κ3) is 4.09. The molecule has 0 aliphatic carbocycles. The van der Waals surface area contributed by atoms with Crippen LogP contribution in [0.15, 0.2) is 59.6 Å². The lowest BCUT2D eigenvalue weighted by Gasteiger charge is -2.08. The van der Waals surface area contributed by atoms with Crippen LogP contribution in [-0.4, -0.2) is 26.4 Å². The maximum Gasteiger partial charge on any atom is 0.234 e. The van der Waals surface area contributed by atoms with Crippen molar-refractivity contribution in [1.82, 2.24) is 14.8 Å². The molecular weight excluding hydrogens is 392 g/mol. The molecule has 30 heavy (non-hydrogen) atoms. The van der Waals surface area contributed by atoms with E-state index in [9.17, 15) is 4.79 Å². The number of nitrogens with zero attached hydrogens (tertiary/aromatic N) is 3. The van der Waals surface area contributed by atoms with Gasteiger partial charge in [-0.25, -0.2) is 9.67 Å². The normalized spacial score (nSPS) is 11.1. The van der Waals surface area contributed by atoms with Crippen molar-refractivity contribution in [2.75, 3.05) is 11.1 Å². The number of anilines is 1. The minimum atomic E-state index is -0.0673. The number of amides is 1. The molecule has 4 aromatic rings. The van der Waals surface area contributed by atoms with E-state index in [1.165, 1.54) is 17.3 Å². The van der Waals surface area contributed by atoms with Crippen LogP contribution in [0.5, 0.6) is 0 Å². The number of thioether (sulfide) groups is 1. The average molecular weight is 417 g/mol. The second-order valence-corrected chi connectivity index (χ2v) is 8.42. The molecule has 5 nitrogen and oxygen atoms in total. The van der Waals surface area contributed by atoms with Crippen LogP contribution in [0.3, 0.4) is 0 Å². The molecule has 2 heterocycles. The van der Waals surface area contributed by atoms with Gasteiger partial charge in [0.05, 0.1) is 39.1 Å².